The third-order valence-electron chi connectivity index (χ3n) is 3.26. The minimum Gasteiger partial charge on any atom is -0.508 e. The van der Waals surface area contributed by atoms with Gasteiger partial charge in [0.05, 0.1) is 17.5 Å². The highest BCUT2D eigenvalue weighted by Crippen LogP contribution is 2.43. The van der Waals surface area contributed by atoms with E-state index in [-0.39, 0.29) is 11.2 Å². The van der Waals surface area contributed by atoms with Gasteiger partial charge in [-0.05, 0) is 41.5 Å². The second kappa shape index (κ2) is 4.96. The highest BCUT2D eigenvalue weighted by Gasteiger charge is 2.62. The molecule has 1 aliphatic heterocycles. The first kappa shape index (κ1) is 14.5. The molecule has 1 rings (SSSR count). The van der Waals surface area contributed by atoms with E-state index < -0.39 is 8.80 Å². The van der Waals surface area contributed by atoms with Crippen LogP contribution in [0.4, 0.5) is 0 Å². The molecule has 1 aliphatic rings. The molecule has 3 nitrogen and oxygen atoms in total. The summed E-state index contributed by atoms with van der Waals surface area (Å²) >= 11 is 0. The van der Waals surface area contributed by atoms with Gasteiger partial charge in [-0.2, -0.15) is 0 Å². The Morgan fingerprint density at radius 1 is 1.00 bits per heavy atom. The summed E-state index contributed by atoms with van der Waals surface area (Å²) in [7, 11) is -2.62. The van der Waals surface area contributed by atoms with E-state index in [1.54, 1.807) is 6.26 Å². The molecule has 17 heavy (non-hydrogen) atoms. The van der Waals surface area contributed by atoms with Gasteiger partial charge in [0.15, 0.2) is 0 Å². The number of hydrogen-bond donors (Lipinski definition) is 0. The number of hydrogen-bond acceptors (Lipinski definition) is 3. The molecule has 4 heteroatoms. The lowest BCUT2D eigenvalue weighted by Gasteiger charge is -2.31. The molecule has 0 spiro atoms. The van der Waals surface area contributed by atoms with Gasteiger partial charge in [-0.15, -0.1) is 0 Å². The molecule has 1 saturated heterocycles. The van der Waals surface area contributed by atoms with Gasteiger partial charge in [0.1, 0.15) is 0 Å². The Hall–Kier alpha value is -0.583. The molecule has 0 radical (unpaired) electrons. The Morgan fingerprint density at radius 3 is 1.94 bits per heavy atom. The average molecular weight is 256 g/mol. The van der Waals surface area contributed by atoms with E-state index in [2.05, 4.69) is 27.7 Å². The summed E-state index contributed by atoms with van der Waals surface area (Å²) < 4.78 is 18.1. The third-order valence-corrected chi connectivity index (χ3v) is 6.13. The van der Waals surface area contributed by atoms with Crippen molar-refractivity contribution < 1.29 is 13.3 Å². The maximum atomic E-state index is 6.15. The first-order valence-electron chi connectivity index (χ1n) is 6.09. The highest BCUT2D eigenvalue weighted by molar-refractivity contribution is 6.62. The highest BCUT2D eigenvalue weighted by atomic mass is 28.4. The summed E-state index contributed by atoms with van der Waals surface area (Å²) in [4.78, 5) is 0. The molecule has 0 atom stereocenters. The average Bonchev–Trinajstić information content (AvgIpc) is 2.40. The summed E-state index contributed by atoms with van der Waals surface area (Å²) in [6.07, 6.45) is 7.58. The van der Waals surface area contributed by atoms with Crippen LogP contribution in [0, 0.1) is 0 Å². The predicted octanol–water partition coefficient (Wildman–Crippen LogP) is 3.66. The molecular weight excluding hydrogens is 232 g/mol. The summed E-state index contributed by atoms with van der Waals surface area (Å²) in [6.45, 7) is 12.1. The molecule has 0 N–H and O–H groups in total. The van der Waals surface area contributed by atoms with E-state index in [9.17, 15) is 0 Å². The zero-order valence-electron chi connectivity index (χ0n) is 11.7. The number of rotatable bonds is 4. The summed E-state index contributed by atoms with van der Waals surface area (Å²) in [5.74, 6) is 0. The minimum absolute atomic E-state index is 0.331. The third kappa shape index (κ3) is 3.00. The normalized spacial score (nSPS) is 25.8. The Kier molecular flexibility index (Phi) is 4.22. The van der Waals surface area contributed by atoms with Crippen LogP contribution in [0.2, 0.25) is 6.04 Å². The van der Waals surface area contributed by atoms with E-state index in [4.69, 9.17) is 13.3 Å². The van der Waals surface area contributed by atoms with E-state index in [0.29, 0.717) is 6.04 Å². The second-order valence-corrected chi connectivity index (χ2v) is 7.69. The van der Waals surface area contributed by atoms with Gasteiger partial charge in [0.2, 0.25) is 0 Å². The van der Waals surface area contributed by atoms with Gasteiger partial charge >= 0.3 is 8.80 Å². The molecular formula is C13H24O3Si. The lowest BCUT2D eigenvalue weighted by molar-refractivity contribution is 0.00578. The molecule has 0 aromatic carbocycles. The molecule has 0 aromatic heterocycles. The minimum atomic E-state index is -2.62. The number of allylic oxidation sites excluding steroid dienone is 3. The molecule has 0 amide bonds. The molecule has 0 unspecified atom stereocenters. The van der Waals surface area contributed by atoms with Crippen molar-refractivity contribution in [1.29, 1.82) is 0 Å². The summed E-state index contributed by atoms with van der Waals surface area (Å²) in [5.41, 5.74) is -0.662. The van der Waals surface area contributed by atoms with E-state index >= 15 is 0 Å². The Balaban J connectivity index is 2.94. The SMILES string of the molecule is C/C=C\O[Si]1(C/C=C/C)OC(C)(C)C(C)(C)O1. The Bertz CT molecular complexity index is 287. The van der Waals surface area contributed by atoms with Gasteiger partial charge in [0, 0.05) is 6.04 Å². The molecule has 0 saturated carbocycles. The lowest BCUT2D eigenvalue weighted by Crippen LogP contribution is -2.41. The monoisotopic (exact) mass is 256 g/mol. The van der Waals surface area contributed by atoms with Crippen LogP contribution in [0.15, 0.2) is 24.5 Å². The second-order valence-electron chi connectivity index (χ2n) is 5.27. The van der Waals surface area contributed by atoms with Gasteiger partial charge in [-0.25, -0.2) is 0 Å². The maximum absolute atomic E-state index is 6.15. The molecule has 1 heterocycles. The van der Waals surface area contributed by atoms with Crippen LogP contribution >= 0.6 is 0 Å². The van der Waals surface area contributed by atoms with Crippen molar-refractivity contribution in [2.24, 2.45) is 0 Å². The maximum Gasteiger partial charge on any atom is 0.570 e. The molecule has 0 aromatic rings. The fourth-order valence-corrected chi connectivity index (χ4v) is 4.97. The van der Waals surface area contributed by atoms with Crippen LogP contribution in [-0.2, 0) is 13.3 Å². The van der Waals surface area contributed by atoms with Crippen LogP contribution in [-0.4, -0.2) is 20.0 Å². The van der Waals surface area contributed by atoms with E-state index in [0.717, 1.165) is 0 Å². The van der Waals surface area contributed by atoms with Gasteiger partial charge < -0.3 is 13.3 Å². The van der Waals surface area contributed by atoms with Crippen molar-refractivity contribution in [2.75, 3.05) is 0 Å². The zero-order chi connectivity index (χ0) is 13.2. The predicted molar refractivity (Wildman–Crippen MR) is 71.6 cm³/mol. The van der Waals surface area contributed by atoms with Crippen LogP contribution in [0.5, 0.6) is 0 Å². The summed E-state index contributed by atoms with van der Waals surface area (Å²) in [6, 6.07) is 0.709. The topological polar surface area (TPSA) is 27.7 Å². The Labute approximate surface area is 106 Å². The largest absolute Gasteiger partial charge is 0.570 e. The molecule has 98 valence electrons. The fourth-order valence-electron chi connectivity index (χ4n) is 1.66. The Morgan fingerprint density at radius 2 is 1.53 bits per heavy atom. The molecule has 0 aliphatic carbocycles. The van der Waals surface area contributed by atoms with Crippen LogP contribution in [0.25, 0.3) is 0 Å². The van der Waals surface area contributed by atoms with Crippen molar-refractivity contribution in [1.82, 2.24) is 0 Å². The lowest BCUT2D eigenvalue weighted by atomic mass is 9.90. The molecule has 1 fully saturated rings. The van der Waals surface area contributed by atoms with Gasteiger partial charge in [-0.1, -0.05) is 18.2 Å². The zero-order valence-corrected chi connectivity index (χ0v) is 12.7. The standard InChI is InChI=1S/C13H24O3Si/c1-7-9-11-17(14-10-8-2)15-12(3,4)13(5,6)16-17/h7-10H,11H2,1-6H3/b9-7+,10-8-. The quantitative estimate of drug-likeness (QED) is 0.436. The van der Waals surface area contributed by atoms with Crippen molar-refractivity contribution in [2.45, 2.75) is 58.8 Å². The first-order chi connectivity index (χ1) is 7.79. The smallest absolute Gasteiger partial charge is 0.508 e. The van der Waals surface area contributed by atoms with Crippen LogP contribution in [0.1, 0.15) is 41.5 Å². The van der Waals surface area contributed by atoms with Crippen molar-refractivity contribution in [3.63, 3.8) is 0 Å². The van der Waals surface area contributed by atoms with Gasteiger partial charge in [0.25, 0.3) is 0 Å². The van der Waals surface area contributed by atoms with E-state index in [1.165, 1.54) is 0 Å². The van der Waals surface area contributed by atoms with Crippen LogP contribution < -0.4 is 0 Å². The van der Waals surface area contributed by atoms with Crippen LogP contribution in [0.3, 0.4) is 0 Å². The first-order valence-corrected chi connectivity index (χ1v) is 8.02. The molecule has 0 bridgehead atoms. The van der Waals surface area contributed by atoms with E-state index in [1.807, 2.05) is 32.1 Å². The van der Waals surface area contributed by atoms with Crippen molar-refractivity contribution in [3.8, 4) is 0 Å². The van der Waals surface area contributed by atoms with Crippen molar-refractivity contribution in [3.05, 3.63) is 24.5 Å². The van der Waals surface area contributed by atoms with Gasteiger partial charge in [-0.3, -0.25) is 0 Å². The fraction of sp³-hybridized carbons (Fsp3) is 0.692. The van der Waals surface area contributed by atoms with Crippen molar-refractivity contribution >= 4 is 8.80 Å². The summed E-state index contributed by atoms with van der Waals surface area (Å²) in [5, 5.41) is 0.